The molecule has 3 N–H and O–H groups in total. The zero-order valence-corrected chi connectivity index (χ0v) is 17.3. The van der Waals surface area contributed by atoms with Gasteiger partial charge in [-0.1, -0.05) is 48.5 Å². The lowest BCUT2D eigenvalue weighted by Crippen LogP contribution is -2.35. The summed E-state index contributed by atoms with van der Waals surface area (Å²) >= 11 is 0. The van der Waals surface area contributed by atoms with E-state index in [1.807, 2.05) is 0 Å². The standard InChI is InChI=1S/C25H21NO7/c27-19-13-11-17(12-14-19)23(33-25(31)26-24(30)18-7-3-1-4-8-18)21(15-16-22(28)29)32-20-9-5-2-6-10-20/h1-16,21,23,27H,(H,28,29)(H,26,30,31)/b16-15+/t21-,23-/m1/s1. The van der Waals surface area contributed by atoms with Gasteiger partial charge < -0.3 is 19.7 Å². The molecule has 0 radical (unpaired) electrons. The molecule has 0 saturated carbocycles. The van der Waals surface area contributed by atoms with Gasteiger partial charge in [-0.25, -0.2) is 9.59 Å². The number of carboxylic acid groups (broad SMARTS) is 1. The number of carbonyl (C=O) groups is 3. The van der Waals surface area contributed by atoms with Gasteiger partial charge in [0.05, 0.1) is 0 Å². The van der Waals surface area contributed by atoms with Crippen molar-refractivity contribution >= 4 is 18.0 Å². The number of benzene rings is 3. The first-order valence-electron chi connectivity index (χ1n) is 9.91. The van der Waals surface area contributed by atoms with Crippen LogP contribution in [0, 0.1) is 0 Å². The second-order valence-corrected chi connectivity index (χ2v) is 6.83. The molecule has 168 valence electrons. The maximum absolute atomic E-state index is 12.6. The number of aliphatic carboxylic acids is 1. The van der Waals surface area contributed by atoms with Gasteiger partial charge in [-0.15, -0.1) is 0 Å². The van der Waals surface area contributed by atoms with Crippen molar-refractivity contribution in [2.24, 2.45) is 0 Å². The highest BCUT2D eigenvalue weighted by Crippen LogP contribution is 2.28. The molecule has 0 heterocycles. The third kappa shape index (κ3) is 6.96. The van der Waals surface area contributed by atoms with Crippen LogP contribution in [0.3, 0.4) is 0 Å². The zero-order chi connectivity index (χ0) is 23.6. The topological polar surface area (TPSA) is 122 Å². The third-order valence-electron chi connectivity index (χ3n) is 4.45. The average molecular weight is 447 g/mol. The predicted octanol–water partition coefficient (Wildman–Crippen LogP) is 4.09. The maximum atomic E-state index is 12.6. The first-order valence-corrected chi connectivity index (χ1v) is 9.91. The van der Waals surface area contributed by atoms with E-state index in [1.165, 1.54) is 42.5 Å². The van der Waals surface area contributed by atoms with Crippen molar-refractivity contribution in [1.29, 1.82) is 0 Å². The van der Waals surface area contributed by atoms with Crippen LogP contribution < -0.4 is 10.1 Å². The predicted molar refractivity (Wildman–Crippen MR) is 119 cm³/mol. The van der Waals surface area contributed by atoms with E-state index in [4.69, 9.17) is 14.6 Å². The van der Waals surface area contributed by atoms with Crippen LogP contribution in [0.4, 0.5) is 4.79 Å². The molecular formula is C25H21NO7. The molecule has 8 nitrogen and oxygen atoms in total. The van der Waals surface area contributed by atoms with Crippen molar-refractivity contribution < 1.29 is 34.1 Å². The first-order chi connectivity index (χ1) is 15.9. The smallest absolute Gasteiger partial charge is 0.414 e. The third-order valence-corrected chi connectivity index (χ3v) is 4.45. The molecule has 0 bridgehead atoms. The molecular weight excluding hydrogens is 426 g/mol. The highest BCUT2D eigenvalue weighted by Gasteiger charge is 2.28. The van der Waals surface area contributed by atoms with E-state index in [0.29, 0.717) is 11.3 Å². The van der Waals surface area contributed by atoms with E-state index >= 15 is 0 Å². The number of alkyl carbamates (subject to hydrolysis) is 1. The van der Waals surface area contributed by atoms with Crippen molar-refractivity contribution in [3.63, 3.8) is 0 Å². The largest absolute Gasteiger partial charge is 0.508 e. The molecule has 3 aromatic rings. The van der Waals surface area contributed by atoms with Crippen molar-refractivity contribution in [1.82, 2.24) is 5.32 Å². The molecule has 0 aliphatic heterocycles. The number of imide groups is 1. The normalized spacial score (nSPS) is 12.5. The second kappa shape index (κ2) is 11.1. The molecule has 33 heavy (non-hydrogen) atoms. The number of carbonyl (C=O) groups excluding carboxylic acids is 2. The van der Waals surface area contributed by atoms with Gasteiger partial charge >= 0.3 is 12.1 Å². The van der Waals surface area contributed by atoms with Gasteiger partial charge in [-0.3, -0.25) is 10.1 Å². The van der Waals surface area contributed by atoms with Crippen LogP contribution in [-0.2, 0) is 9.53 Å². The number of hydrogen-bond acceptors (Lipinski definition) is 6. The van der Waals surface area contributed by atoms with Crippen LogP contribution in [0.15, 0.2) is 97.1 Å². The number of para-hydroxylation sites is 1. The molecule has 0 aromatic heterocycles. The van der Waals surface area contributed by atoms with E-state index in [0.717, 1.165) is 6.08 Å². The lowest BCUT2D eigenvalue weighted by molar-refractivity contribution is -0.131. The lowest BCUT2D eigenvalue weighted by atomic mass is 10.0. The van der Waals surface area contributed by atoms with Gasteiger partial charge in [0.25, 0.3) is 5.91 Å². The maximum Gasteiger partial charge on any atom is 0.414 e. The number of phenols is 1. The fraction of sp³-hybridized carbons (Fsp3) is 0.0800. The monoisotopic (exact) mass is 447 g/mol. The van der Waals surface area contributed by atoms with Crippen molar-refractivity contribution in [3.05, 3.63) is 108 Å². The molecule has 3 rings (SSSR count). The van der Waals surface area contributed by atoms with Gasteiger partial charge in [0.1, 0.15) is 11.5 Å². The highest BCUT2D eigenvalue weighted by atomic mass is 16.6. The summed E-state index contributed by atoms with van der Waals surface area (Å²) in [6.07, 6.45) is -1.15. The minimum Gasteiger partial charge on any atom is -0.508 e. The Hall–Kier alpha value is -4.59. The quantitative estimate of drug-likeness (QED) is 0.445. The van der Waals surface area contributed by atoms with Crippen molar-refractivity contribution in [2.45, 2.75) is 12.2 Å². The first kappa shape index (κ1) is 23.1. The minimum absolute atomic E-state index is 0.0113. The van der Waals surface area contributed by atoms with Gasteiger partial charge in [0, 0.05) is 11.6 Å². The Morgan fingerprint density at radius 1 is 0.848 bits per heavy atom. The highest BCUT2D eigenvalue weighted by molar-refractivity contribution is 6.02. The van der Waals surface area contributed by atoms with E-state index < -0.39 is 30.2 Å². The molecule has 8 heteroatoms. The molecule has 0 fully saturated rings. The Kier molecular flexibility index (Phi) is 7.80. The van der Waals surface area contributed by atoms with Crippen molar-refractivity contribution in [3.8, 4) is 11.5 Å². The molecule has 0 unspecified atom stereocenters. The van der Waals surface area contributed by atoms with E-state index in [9.17, 15) is 19.5 Å². The number of phenolic OH excluding ortho intramolecular Hbond substituents is 1. The van der Waals surface area contributed by atoms with Crippen LogP contribution in [0.1, 0.15) is 22.0 Å². The number of hydrogen-bond donors (Lipinski definition) is 3. The summed E-state index contributed by atoms with van der Waals surface area (Å²) < 4.78 is 11.4. The lowest BCUT2D eigenvalue weighted by Gasteiger charge is -2.26. The number of rotatable bonds is 8. The zero-order valence-electron chi connectivity index (χ0n) is 17.3. The second-order valence-electron chi connectivity index (χ2n) is 6.83. The summed E-state index contributed by atoms with van der Waals surface area (Å²) in [5, 5.41) is 20.9. The van der Waals surface area contributed by atoms with Gasteiger partial charge in [0.15, 0.2) is 12.2 Å². The van der Waals surface area contributed by atoms with Crippen LogP contribution in [0.2, 0.25) is 0 Å². The Labute approximate surface area is 189 Å². The summed E-state index contributed by atoms with van der Waals surface area (Å²) in [7, 11) is 0. The molecule has 0 saturated heterocycles. The van der Waals surface area contributed by atoms with Gasteiger partial charge in [-0.05, 0) is 48.0 Å². The van der Waals surface area contributed by atoms with Crippen LogP contribution in [-0.4, -0.2) is 34.3 Å². The molecule has 0 aliphatic carbocycles. The van der Waals surface area contributed by atoms with E-state index in [-0.39, 0.29) is 11.3 Å². The number of amides is 2. The Balaban J connectivity index is 1.88. The molecule has 3 aromatic carbocycles. The number of aromatic hydroxyl groups is 1. The summed E-state index contributed by atoms with van der Waals surface area (Å²) in [5.41, 5.74) is 0.671. The van der Waals surface area contributed by atoms with Crippen LogP contribution in [0.25, 0.3) is 0 Å². The van der Waals surface area contributed by atoms with Gasteiger partial charge in [0.2, 0.25) is 0 Å². The Morgan fingerprint density at radius 2 is 1.45 bits per heavy atom. The van der Waals surface area contributed by atoms with Crippen LogP contribution in [0.5, 0.6) is 11.5 Å². The number of ether oxygens (including phenoxy) is 2. The summed E-state index contributed by atoms with van der Waals surface area (Å²) in [5.74, 6) is -1.48. The molecule has 2 amide bonds. The number of carboxylic acids is 1. The molecule has 0 spiro atoms. The summed E-state index contributed by atoms with van der Waals surface area (Å²) in [6, 6.07) is 22.5. The van der Waals surface area contributed by atoms with E-state index in [1.54, 1.807) is 48.5 Å². The molecule has 0 aliphatic rings. The van der Waals surface area contributed by atoms with E-state index in [2.05, 4.69) is 5.32 Å². The summed E-state index contributed by atoms with van der Waals surface area (Å²) in [6.45, 7) is 0. The number of nitrogens with one attached hydrogen (secondary N) is 1. The fourth-order valence-electron chi connectivity index (χ4n) is 2.92. The molecule has 2 atom stereocenters. The van der Waals surface area contributed by atoms with Crippen LogP contribution >= 0.6 is 0 Å². The Bertz CT molecular complexity index is 1110. The minimum atomic E-state index is -1.22. The fourth-order valence-corrected chi connectivity index (χ4v) is 2.92. The van der Waals surface area contributed by atoms with Crippen molar-refractivity contribution in [2.75, 3.05) is 0 Å². The van der Waals surface area contributed by atoms with Gasteiger partial charge in [-0.2, -0.15) is 0 Å². The summed E-state index contributed by atoms with van der Waals surface area (Å²) in [4.78, 5) is 36.0. The Morgan fingerprint density at radius 3 is 2.06 bits per heavy atom. The SMILES string of the molecule is O=C(O)/C=C/[C@@H](Oc1ccccc1)[C@H](OC(=O)NC(=O)c1ccccc1)c1ccc(O)cc1. The average Bonchev–Trinajstić information content (AvgIpc) is 2.82.